The standard InChI is InChI=1S/C21H20N4O/c1-2-13-22-19-14-18(21(26)23-15-16-9-5-3-6-10-16)24-20(25-19)17-11-7-4-8-12-17/h2-12,14H,1,13,15H2,(H,23,26)(H,22,24,25). The van der Waals surface area contributed by atoms with Gasteiger partial charge in [-0.1, -0.05) is 66.7 Å². The summed E-state index contributed by atoms with van der Waals surface area (Å²) >= 11 is 0. The van der Waals surface area contributed by atoms with Gasteiger partial charge in [0.15, 0.2) is 5.82 Å². The number of nitrogens with one attached hydrogen (secondary N) is 2. The Kier molecular flexibility index (Phi) is 5.72. The quantitative estimate of drug-likeness (QED) is 0.642. The first-order valence-electron chi connectivity index (χ1n) is 8.37. The lowest BCUT2D eigenvalue weighted by Gasteiger charge is -2.10. The molecule has 1 aromatic heterocycles. The summed E-state index contributed by atoms with van der Waals surface area (Å²) in [5.41, 5.74) is 2.21. The van der Waals surface area contributed by atoms with Crippen molar-refractivity contribution in [2.75, 3.05) is 11.9 Å². The maximum absolute atomic E-state index is 12.6. The van der Waals surface area contributed by atoms with E-state index in [4.69, 9.17) is 0 Å². The molecule has 0 aliphatic rings. The molecule has 5 nitrogen and oxygen atoms in total. The highest BCUT2D eigenvalue weighted by Gasteiger charge is 2.12. The monoisotopic (exact) mass is 344 g/mol. The average molecular weight is 344 g/mol. The number of carbonyl (C=O) groups excluding carboxylic acids is 1. The molecule has 2 N–H and O–H groups in total. The number of carbonyl (C=O) groups is 1. The van der Waals surface area contributed by atoms with Crippen LogP contribution in [0, 0.1) is 0 Å². The van der Waals surface area contributed by atoms with Crippen LogP contribution < -0.4 is 10.6 Å². The van der Waals surface area contributed by atoms with Gasteiger partial charge < -0.3 is 10.6 Å². The minimum Gasteiger partial charge on any atom is -0.366 e. The fourth-order valence-electron chi connectivity index (χ4n) is 2.42. The first-order valence-corrected chi connectivity index (χ1v) is 8.37. The highest BCUT2D eigenvalue weighted by Crippen LogP contribution is 2.18. The van der Waals surface area contributed by atoms with Gasteiger partial charge in [0, 0.05) is 24.7 Å². The molecule has 0 radical (unpaired) electrons. The zero-order chi connectivity index (χ0) is 18.2. The molecule has 0 bridgehead atoms. The van der Waals surface area contributed by atoms with Crippen LogP contribution in [0.25, 0.3) is 11.4 Å². The summed E-state index contributed by atoms with van der Waals surface area (Å²) in [4.78, 5) is 21.5. The van der Waals surface area contributed by atoms with Crippen LogP contribution in [0.4, 0.5) is 5.82 Å². The van der Waals surface area contributed by atoms with Crippen LogP contribution >= 0.6 is 0 Å². The summed E-state index contributed by atoms with van der Waals surface area (Å²) in [5.74, 6) is 0.850. The predicted molar refractivity (Wildman–Crippen MR) is 104 cm³/mol. The van der Waals surface area contributed by atoms with E-state index in [2.05, 4.69) is 27.2 Å². The molecule has 0 fully saturated rings. The summed E-state index contributed by atoms with van der Waals surface area (Å²) < 4.78 is 0. The van der Waals surface area contributed by atoms with Gasteiger partial charge >= 0.3 is 0 Å². The van der Waals surface area contributed by atoms with Gasteiger partial charge in [-0.25, -0.2) is 9.97 Å². The number of rotatable bonds is 7. The number of amides is 1. The topological polar surface area (TPSA) is 66.9 Å². The zero-order valence-electron chi connectivity index (χ0n) is 14.4. The van der Waals surface area contributed by atoms with Crippen molar-refractivity contribution in [2.24, 2.45) is 0 Å². The van der Waals surface area contributed by atoms with Crippen molar-refractivity contribution >= 4 is 11.7 Å². The normalized spacial score (nSPS) is 10.2. The fourth-order valence-corrected chi connectivity index (χ4v) is 2.42. The van der Waals surface area contributed by atoms with Crippen molar-refractivity contribution < 1.29 is 4.79 Å². The summed E-state index contributed by atoms with van der Waals surface area (Å²) in [6, 6.07) is 21.0. The van der Waals surface area contributed by atoms with E-state index in [0.717, 1.165) is 11.1 Å². The van der Waals surface area contributed by atoms with Crippen LogP contribution in [0.2, 0.25) is 0 Å². The smallest absolute Gasteiger partial charge is 0.270 e. The molecule has 0 atom stereocenters. The van der Waals surface area contributed by atoms with Crippen molar-refractivity contribution in [3.05, 3.63) is 90.6 Å². The second-order valence-electron chi connectivity index (χ2n) is 5.67. The number of nitrogens with zero attached hydrogens (tertiary/aromatic N) is 2. The van der Waals surface area contributed by atoms with E-state index in [1.54, 1.807) is 12.1 Å². The van der Waals surface area contributed by atoms with Crippen LogP contribution in [0.1, 0.15) is 16.1 Å². The minimum absolute atomic E-state index is 0.241. The molecule has 1 amide bonds. The van der Waals surface area contributed by atoms with Gasteiger partial charge in [0.25, 0.3) is 5.91 Å². The van der Waals surface area contributed by atoms with Crippen molar-refractivity contribution in [1.29, 1.82) is 0 Å². The molecule has 0 aliphatic heterocycles. The van der Waals surface area contributed by atoms with Crippen molar-refractivity contribution in [1.82, 2.24) is 15.3 Å². The molecular weight excluding hydrogens is 324 g/mol. The third-order valence-corrected chi connectivity index (χ3v) is 3.71. The molecule has 130 valence electrons. The maximum Gasteiger partial charge on any atom is 0.270 e. The average Bonchev–Trinajstić information content (AvgIpc) is 2.71. The molecule has 1 heterocycles. The van der Waals surface area contributed by atoms with E-state index in [-0.39, 0.29) is 5.91 Å². The van der Waals surface area contributed by atoms with Crippen LogP contribution in [-0.4, -0.2) is 22.4 Å². The Labute approximate surface area is 152 Å². The highest BCUT2D eigenvalue weighted by molar-refractivity contribution is 5.93. The van der Waals surface area contributed by atoms with Crippen molar-refractivity contribution in [3.63, 3.8) is 0 Å². The van der Waals surface area contributed by atoms with Crippen LogP contribution in [0.5, 0.6) is 0 Å². The SMILES string of the molecule is C=CCNc1cc(C(=O)NCc2ccccc2)nc(-c2ccccc2)n1. The Morgan fingerprint density at radius 1 is 1.00 bits per heavy atom. The molecule has 5 heteroatoms. The third-order valence-electron chi connectivity index (χ3n) is 3.71. The Balaban J connectivity index is 1.84. The van der Waals surface area contributed by atoms with Crippen LogP contribution in [0.15, 0.2) is 79.4 Å². The number of benzene rings is 2. The maximum atomic E-state index is 12.6. The fraction of sp³-hybridized carbons (Fsp3) is 0.0952. The number of aromatic nitrogens is 2. The predicted octanol–water partition coefficient (Wildman–Crippen LogP) is 3.67. The van der Waals surface area contributed by atoms with Gasteiger partial charge in [-0.15, -0.1) is 6.58 Å². The first-order chi connectivity index (χ1) is 12.8. The van der Waals surface area contributed by atoms with Gasteiger partial charge in [0.1, 0.15) is 11.5 Å². The summed E-state index contributed by atoms with van der Waals surface area (Å²) in [6.07, 6.45) is 1.74. The Morgan fingerprint density at radius 3 is 2.38 bits per heavy atom. The second-order valence-corrected chi connectivity index (χ2v) is 5.67. The molecule has 0 saturated carbocycles. The van der Waals surface area contributed by atoms with E-state index in [9.17, 15) is 4.79 Å². The number of hydrogen-bond donors (Lipinski definition) is 2. The van der Waals surface area contributed by atoms with Gasteiger partial charge in [-0.2, -0.15) is 0 Å². The van der Waals surface area contributed by atoms with Gasteiger partial charge in [0.2, 0.25) is 0 Å². The minimum atomic E-state index is -0.241. The van der Waals surface area contributed by atoms with E-state index >= 15 is 0 Å². The Hall–Kier alpha value is -3.47. The van der Waals surface area contributed by atoms with Crippen molar-refractivity contribution in [2.45, 2.75) is 6.54 Å². The molecule has 0 saturated heterocycles. The largest absolute Gasteiger partial charge is 0.366 e. The van der Waals surface area contributed by atoms with E-state index < -0.39 is 0 Å². The second kappa shape index (κ2) is 8.58. The number of hydrogen-bond acceptors (Lipinski definition) is 4. The summed E-state index contributed by atoms with van der Waals surface area (Å²) in [7, 11) is 0. The molecule has 0 unspecified atom stereocenters. The van der Waals surface area contributed by atoms with Crippen LogP contribution in [0.3, 0.4) is 0 Å². The molecular formula is C21H20N4O. The van der Waals surface area contributed by atoms with E-state index in [0.29, 0.717) is 30.4 Å². The first kappa shape index (κ1) is 17.4. The highest BCUT2D eigenvalue weighted by atomic mass is 16.1. The van der Waals surface area contributed by atoms with Gasteiger partial charge in [-0.05, 0) is 5.56 Å². The number of anilines is 1. The molecule has 3 aromatic rings. The summed E-state index contributed by atoms with van der Waals surface area (Å²) in [5, 5.41) is 6.02. The molecule has 0 aliphatic carbocycles. The summed E-state index contributed by atoms with van der Waals surface area (Å²) in [6.45, 7) is 4.69. The lowest BCUT2D eigenvalue weighted by atomic mass is 10.2. The molecule has 26 heavy (non-hydrogen) atoms. The molecule has 3 rings (SSSR count). The van der Waals surface area contributed by atoms with E-state index in [1.807, 2.05) is 60.7 Å². The van der Waals surface area contributed by atoms with E-state index in [1.165, 1.54) is 0 Å². The van der Waals surface area contributed by atoms with Crippen molar-refractivity contribution in [3.8, 4) is 11.4 Å². The zero-order valence-corrected chi connectivity index (χ0v) is 14.4. The van der Waals surface area contributed by atoms with Gasteiger partial charge in [-0.3, -0.25) is 4.79 Å². The Morgan fingerprint density at radius 2 is 1.69 bits per heavy atom. The van der Waals surface area contributed by atoms with Gasteiger partial charge in [0.05, 0.1) is 0 Å². The van der Waals surface area contributed by atoms with Crippen LogP contribution in [-0.2, 0) is 6.54 Å². The lowest BCUT2D eigenvalue weighted by Crippen LogP contribution is -2.24. The lowest BCUT2D eigenvalue weighted by molar-refractivity contribution is 0.0946. The molecule has 0 spiro atoms. The Bertz CT molecular complexity index is 879. The molecule has 2 aromatic carbocycles. The third kappa shape index (κ3) is 4.54.